The summed E-state index contributed by atoms with van der Waals surface area (Å²) < 4.78 is 0. The highest BCUT2D eigenvalue weighted by Crippen LogP contribution is 2.04. The van der Waals surface area contributed by atoms with Gasteiger partial charge in [-0.1, -0.05) is 35.9 Å². The van der Waals surface area contributed by atoms with Gasteiger partial charge in [0.25, 0.3) is 0 Å². The normalized spacial score (nSPS) is 10.5. The van der Waals surface area contributed by atoms with Crippen molar-refractivity contribution in [2.24, 2.45) is 0 Å². The second kappa shape index (κ2) is 5.60. The van der Waals surface area contributed by atoms with Crippen molar-refractivity contribution < 1.29 is 0 Å². The van der Waals surface area contributed by atoms with E-state index in [1.807, 2.05) is 19.1 Å². The highest BCUT2D eigenvalue weighted by molar-refractivity contribution is 5.22. The van der Waals surface area contributed by atoms with Crippen LogP contribution in [0.5, 0.6) is 0 Å². The van der Waals surface area contributed by atoms with Crippen LogP contribution in [0.15, 0.2) is 42.5 Å². The fourth-order valence-corrected chi connectivity index (χ4v) is 1.85. The van der Waals surface area contributed by atoms with Crippen molar-refractivity contribution in [3.63, 3.8) is 0 Å². The van der Waals surface area contributed by atoms with Gasteiger partial charge in [-0.25, -0.2) is 0 Å². The van der Waals surface area contributed by atoms with Crippen molar-refractivity contribution in [2.75, 3.05) is 0 Å². The first-order chi connectivity index (χ1) is 8.24. The number of aromatic nitrogens is 1. The van der Waals surface area contributed by atoms with E-state index in [0.29, 0.717) is 0 Å². The Morgan fingerprint density at radius 3 is 2.59 bits per heavy atom. The van der Waals surface area contributed by atoms with Crippen LogP contribution in [-0.2, 0) is 13.1 Å². The smallest absolute Gasteiger partial charge is 0.0544 e. The minimum atomic E-state index is 0.815. The van der Waals surface area contributed by atoms with Crippen LogP contribution in [0.4, 0.5) is 0 Å². The fraction of sp³-hybridized carbons (Fsp3) is 0.267. The van der Waals surface area contributed by atoms with Crippen molar-refractivity contribution in [3.05, 3.63) is 65.0 Å². The van der Waals surface area contributed by atoms with E-state index in [1.54, 1.807) is 0 Å². The van der Waals surface area contributed by atoms with Gasteiger partial charge in [0, 0.05) is 18.8 Å². The van der Waals surface area contributed by atoms with Gasteiger partial charge in [-0.3, -0.25) is 4.98 Å². The quantitative estimate of drug-likeness (QED) is 0.867. The van der Waals surface area contributed by atoms with E-state index in [0.717, 1.165) is 24.5 Å². The summed E-state index contributed by atoms with van der Waals surface area (Å²) in [6.07, 6.45) is 0. The molecular weight excluding hydrogens is 208 g/mol. The van der Waals surface area contributed by atoms with E-state index in [4.69, 9.17) is 0 Å². The largest absolute Gasteiger partial charge is 0.307 e. The Morgan fingerprint density at radius 1 is 1.00 bits per heavy atom. The molecule has 2 heteroatoms. The van der Waals surface area contributed by atoms with Gasteiger partial charge >= 0.3 is 0 Å². The minimum Gasteiger partial charge on any atom is -0.307 e. The van der Waals surface area contributed by atoms with E-state index in [2.05, 4.69) is 47.6 Å². The first-order valence-corrected chi connectivity index (χ1v) is 5.93. The van der Waals surface area contributed by atoms with Crippen LogP contribution in [-0.4, -0.2) is 4.98 Å². The van der Waals surface area contributed by atoms with Gasteiger partial charge in [0.15, 0.2) is 0 Å². The van der Waals surface area contributed by atoms with Gasteiger partial charge in [0.1, 0.15) is 0 Å². The van der Waals surface area contributed by atoms with Crippen LogP contribution in [0.2, 0.25) is 0 Å². The van der Waals surface area contributed by atoms with E-state index in [9.17, 15) is 0 Å². The lowest BCUT2D eigenvalue weighted by molar-refractivity contribution is 0.678. The van der Waals surface area contributed by atoms with Crippen molar-refractivity contribution in [2.45, 2.75) is 26.9 Å². The maximum absolute atomic E-state index is 4.46. The molecule has 2 aromatic rings. The summed E-state index contributed by atoms with van der Waals surface area (Å²) in [4.78, 5) is 4.46. The molecule has 0 amide bonds. The van der Waals surface area contributed by atoms with Crippen molar-refractivity contribution >= 4 is 0 Å². The third kappa shape index (κ3) is 3.68. The first-order valence-electron chi connectivity index (χ1n) is 5.93. The van der Waals surface area contributed by atoms with Crippen LogP contribution in [0.3, 0.4) is 0 Å². The number of nitrogens with zero attached hydrogens (tertiary/aromatic N) is 1. The predicted octanol–water partition coefficient (Wildman–Crippen LogP) is 2.99. The zero-order chi connectivity index (χ0) is 12.1. The number of nitrogens with one attached hydrogen (secondary N) is 1. The summed E-state index contributed by atoms with van der Waals surface area (Å²) in [6, 6.07) is 14.7. The van der Waals surface area contributed by atoms with Crippen LogP contribution in [0, 0.1) is 13.8 Å². The average molecular weight is 226 g/mol. The third-order valence-corrected chi connectivity index (χ3v) is 2.66. The van der Waals surface area contributed by atoms with Gasteiger partial charge in [-0.2, -0.15) is 0 Å². The Labute approximate surface area is 103 Å². The maximum atomic E-state index is 4.46. The molecule has 0 fully saturated rings. The number of hydrogen-bond acceptors (Lipinski definition) is 2. The molecule has 2 rings (SSSR count). The Kier molecular flexibility index (Phi) is 3.89. The molecule has 0 saturated heterocycles. The zero-order valence-corrected chi connectivity index (χ0v) is 10.4. The topological polar surface area (TPSA) is 24.9 Å². The summed E-state index contributed by atoms with van der Waals surface area (Å²) in [7, 11) is 0. The summed E-state index contributed by atoms with van der Waals surface area (Å²) >= 11 is 0. The standard InChI is InChI=1S/C15H18N2/c1-12-5-3-7-14(9-12)10-16-11-15-8-4-6-13(2)17-15/h3-9,16H,10-11H2,1-2H3. The molecule has 0 unspecified atom stereocenters. The average Bonchev–Trinajstić information content (AvgIpc) is 2.29. The van der Waals surface area contributed by atoms with Crippen LogP contribution < -0.4 is 5.32 Å². The minimum absolute atomic E-state index is 0.815. The summed E-state index contributed by atoms with van der Waals surface area (Å²) in [6.45, 7) is 5.84. The molecule has 1 N–H and O–H groups in total. The lowest BCUT2D eigenvalue weighted by Gasteiger charge is -2.06. The van der Waals surface area contributed by atoms with Gasteiger partial charge in [0.05, 0.1) is 5.69 Å². The molecule has 88 valence electrons. The molecule has 1 aromatic heterocycles. The second-order valence-corrected chi connectivity index (χ2v) is 4.36. The molecule has 0 aliphatic carbocycles. The molecule has 0 aliphatic rings. The van der Waals surface area contributed by atoms with Crippen LogP contribution in [0.25, 0.3) is 0 Å². The van der Waals surface area contributed by atoms with Crippen LogP contribution in [0.1, 0.15) is 22.5 Å². The molecule has 0 bridgehead atoms. The molecule has 0 saturated carbocycles. The van der Waals surface area contributed by atoms with Gasteiger partial charge in [-0.15, -0.1) is 0 Å². The number of hydrogen-bond donors (Lipinski definition) is 1. The van der Waals surface area contributed by atoms with Crippen LogP contribution >= 0.6 is 0 Å². The molecule has 2 nitrogen and oxygen atoms in total. The molecule has 1 aromatic carbocycles. The molecule has 0 spiro atoms. The molecule has 0 radical (unpaired) electrons. The first kappa shape index (κ1) is 11.8. The highest BCUT2D eigenvalue weighted by Gasteiger charge is 1.96. The van der Waals surface area contributed by atoms with Crippen molar-refractivity contribution in [1.29, 1.82) is 0 Å². The highest BCUT2D eigenvalue weighted by atomic mass is 14.9. The Bertz CT molecular complexity index is 446. The molecule has 0 aliphatic heterocycles. The maximum Gasteiger partial charge on any atom is 0.0544 e. The molecule has 1 heterocycles. The zero-order valence-electron chi connectivity index (χ0n) is 10.4. The number of benzene rings is 1. The Hall–Kier alpha value is -1.67. The number of pyridine rings is 1. The lowest BCUT2D eigenvalue weighted by atomic mass is 10.1. The van der Waals surface area contributed by atoms with E-state index < -0.39 is 0 Å². The monoisotopic (exact) mass is 226 g/mol. The predicted molar refractivity (Wildman–Crippen MR) is 70.7 cm³/mol. The van der Waals surface area contributed by atoms with Gasteiger partial charge < -0.3 is 5.32 Å². The Morgan fingerprint density at radius 2 is 1.82 bits per heavy atom. The number of aryl methyl sites for hydroxylation is 2. The fourth-order valence-electron chi connectivity index (χ4n) is 1.85. The summed E-state index contributed by atoms with van der Waals surface area (Å²) in [5.74, 6) is 0. The van der Waals surface area contributed by atoms with Gasteiger partial charge in [0.2, 0.25) is 0 Å². The molecule has 17 heavy (non-hydrogen) atoms. The number of rotatable bonds is 4. The summed E-state index contributed by atoms with van der Waals surface area (Å²) in [5, 5.41) is 3.41. The van der Waals surface area contributed by atoms with E-state index >= 15 is 0 Å². The van der Waals surface area contributed by atoms with Gasteiger partial charge in [-0.05, 0) is 31.5 Å². The van der Waals surface area contributed by atoms with E-state index in [1.165, 1.54) is 11.1 Å². The van der Waals surface area contributed by atoms with E-state index in [-0.39, 0.29) is 0 Å². The molecule has 0 atom stereocenters. The second-order valence-electron chi connectivity index (χ2n) is 4.36. The van der Waals surface area contributed by atoms with Crippen molar-refractivity contribution in [1.82, 2.24) is 10.3 Å². The third-order valence-electron chi connectivity index (χ3n) is 2.66. The summed E-state index contributed by atoms with van der Waals surface area (Å²) in [5.41, 5.74) is 4.79. The van der Waals surface area contributed by atoms with Crippen molar-refractivity contribution in [3.8, 4) is 0 Å². The SMILES string of the molecule is Cc1cccc(CNCc2cccc(C)n2)c1. The Balaban J connectivity index is 1.87. The molecular formula is C15H18N2. The lowest BCUT2D eigenvalue weighted by Crippen LogP contribution is -2.13.